The molecule has 0 unspecified atom stereocenters. The van der Waals surface area contributed by atoms with E-state index in [1.165, 1.54) is 0 Å². The van der Waals surface area contributed by atoms with Crippen molar-refractivity contribution in [3.63, 3.8) is 0 Å². The molecule has 102 valence electrons. The second-order valence-corrected chi connectivity index (χ2v) is 7.23. The topological polar surface area (TPSA) is 85.1 Å². The summed E-state index contributed by atoms with van der Waals surface area (Å²) in [4.78, 5) is 3.92. The Kier molecular flexibility index (Phi) is 3.88. The van der Waals surface area contributed by atoms with Gasteiger partial charge in [0.2, 0.25) is 0 Å². The Morgan fingerprint density at radius 1 is 1.37 bits per heavy atom. The lowest BCUT2D eigenvalue weighted by atomic mass is 10.1. The molecule has 0 saturated carbocycles. The van der Waals surface area contributed by atoms with E-state index in [0.29, 0.717) is 5.69 Å². The summed E-state index contributed by atoms with van der Waals surface area (Å²) in [5.74, 6) is 0. The van der Waals surface area contributed by atoms with Gasteiger partial charge in [-0.2, -0.15) is 0 Å². The summed E-state index contributed by atoms with van der Waals surface area (Å²) >= 11 is 0.976. The number of hydrogen-bond acceptors (Lipinski definition) is 5. The fraction of sp³-hybridized carbons (Fsp3) is 0.250. The molecule has 0 spiro atoms. The highest BCUT2D eigenvalue weighted by atomic mass is 32.2. The molecule has 5 nitrogen and oxygen atoms in total. The van der Waals surface area contributed by atoms with E-state index in [9.17, 15) is 8.42 Å². The van der Waals surface area contributed by atoms with Crippen LogP contribution in [0.2, 0.25) is 0 Å². The van der Waals surface area contributed by atoms with Gasteiger partial charge in [0.15, 0.2) is 9.34 Å². The Hall–Kier alpha value is -1.44. The third kappa shape index (κ3) is 3.31. The van der Waals surface area contributed by atoms with Gasteiger partial charge in [-0.1, -0.05) is 41.2 Å². The van der Waals surface area contributed by atoms with Gasteiger partial charge in [0.25, 0.3) is 10.0 Å². The molecule has 0 saturated heterocycles. The lowest BCUT2D eigenvalue weighted by molar-refractivity contribution is 0.582. The van der Waals surface area contributed by atoms with Crippen LogP contribution in [0.15, 0.2) is 28.5 Å². The molecule has 0 amide bonds. The lowest BCUT2D eigenvalue weighted by Crippen LogP contribution is -2.23. The van der Waals surface area contributed by atoms with Crippen molar-refractivity contribution in [2.24, 2.45) is 0 Å². The van der Waals surface area contributed by atoms with Crippen LogP contribution in [0.1, 0.15) is 16.8 Å². The number of benzene rings is 1. The molecule has 19 heavy (non-hydrogen) atoms. The normalized spacial score (nSPS) is 11.7. The fourth-order valence-corrected chi connectivity index (χ4v) is 4.08. The predicted octanol–water partition coefficient (Wildman–Crippen LogP) is 1.82. The molecule has 0 aliphatic rings. The number of nitrogens with zero attached hydrogens (tertiary/aromatic N) is 1. The highest BCUT2D eigenvalue weighted by Crippen LogP contribution is 2.24. The largest absolute Gasteiger partial charge is 0.375 e. The standard InChI is InChI=1S/C12H15N3O2S2/c1-8-4-3-5-10(6-8)7-14-19(16,17)11-9(2)15-12(13)18-11/h3-6,14H,7H2,1-2H3,(H2,13,15). The minimum atomic E-state index is -3.56. The number of nitrogens with two attached hydrogens (primary N) is 1. The smallest absolute Gasteiger partial charge is 0.252 e. The summed E-state index contributed by atoms with van der Waals surface area (Å²) in [6, 6.07) is 7.68. The molecule has 1 aromatic heterocycles. The van der Waals surface area contributed by atoms with Gasteiger partial charge >= 0.3 is 0 Å². The van der Waals surface area contributed by atoms with Gasteiger partial charge in [-0.25, -0.2) is 18.1 Å². The van der Waals surface area contributed by atoms with Crippen LogP contribution in [0.5, 0.6) is 0 Å². The first-order valence-corrected chi connectivity index (χ1v) is 7.96. The van der Waals surface area contributed by atoms with Crippen molar-refractivity contribution < 1.29 is 8.42 Å². The maximum Gasteiger partial charge on any atom is 0.252 e. The van der Waals surface area contributed by atoms with Gasteiger partial charge in [-0.15, -0.1) is 0 Å². The zero-order chi connectivity index (χ0) is 14.0. The van der Waals surface area contributed by atoms with Crippen molar-refractivity contribution in [3.05, 3.63) is 41.1 Å². The number of anilines is 1. The molecule has 1 aromatic carbocycles. The zero-order valence-electron chi connectivity index (χ0n) is 10.7. The molecule has 0 aliphatic carbocycles. The third-order valence-electron chi connectivity index (χ3n) is 2.56. The first-order chi connectivity index (χ1) is 8.88. The molecular formula is C12H15N3O2S2. The molecule has 2 rings (SSSR count). The summed E-state index contributed by atoms with van der Waals surface area (Å²) in [6.07, 6.45) is 0. The maximum atomic E-state index is 12.1. The monoisotopic (exact) mass is 297 g/mol. The number of nitrogens with one attached hydrogen (secondary N) is 1. The van der Waals surface area contributed by atoms with Crippen molar-refractivity contribution in [1.29, 1.82) is 0 Å². The first kappa shape index (κ1) is 14.0. The maximum absolute atomic E-state index is 12.1. The Morgan fingerprint density at radius 2 is 2.11 bits per heavy atom. The van der Waals surface area contributed by atoms with Crippen LogP contribution < -0.4 is 10.5 Å². The van der Waals surface area contributed by atoms with Crippen LogP contribution in [-0.4, -0.2) is 13.4 Å². The molecule has 0 bridgehead atoms. The summed E-state index contributed by atoms with van der Waals surface area (Å²) in [5, 5.41) is 0.258. The van der Waals surface area contributed by atoms with Gasteiger partial charge in [0.1, 0.15) is 0 Å². The third-order valence-corrected chi connectivity index (χ3v) is 5.56. The number of rotatable bonds is 4. The number of nitrogen functional groups attached to an aromatic ring is 1. The van der Waals surface area contributed by atoms with Gasteiger partial charge in [-0.3, -0.25) is 0 Å². The van der Waals surface area contributed by atoms with Crippen molar-refractivity contribution in [2.75, 3.05) is 5.73 Å². The van der Waals surface area contributed by atoms with Crippen LogP contribution in [0, 0.1) is 13.8 Å². The number of aromatic nitrogens is 1. The van der Waals surface area contributed by atoms with Gasteiger partial charge in [0, 0.05) is 6.54 Å². The van der Waals surface area contributed by atoms with Crippen LogP contribution in [-0.2, 0) is 16.6 Å². The van der Waals surface area contributed by atoms with Crippen LogP contribution in [0.4, 0.5) is 5.13 Å². The van der Waals surface area contributed by atoms with Crippen LogP contribution >= 0.6 is 11.3 Å². The van der Waals surface area contributed by atoms with E-state index in [1.54, 1.807) is 6.92 Å². The predicted molar refractivity (Wildman–Crippen MR) is 76.5 cm³/mol. The second kappa shape index (κ2) is 5.28. The lowest BCUT2D eigenvalue weighted by Gasteiger charge is -2.06. The highest BCUT2D eigenvalue weighted by Gasteiger charge is 2.20. The van der Waals surface area contributed by atoms with Crippen LogP contribution in [0.25, 0.3) is 0 Å². The van der Waals surface area contributed by atoms with Crippen molar-refractivity contribution in [2.45, 2.75) is 24.6 Å². The SMILES string of the molecule is Cc1cccc(CNS(=O)(=O)c2sc(N)nc2C)c1. The average Bonchev–Trinajstić information content (AvgIpc) is 2.67. The molecular weight excluding hydrogens is 282 g/mol. The van der Waals surface area contributed by atoms with E-state index < -0.39 is 10.0 Å². The second-order valence-electron chi connectivity index (χ2n) is 4.24. The molecule has 0 atom stereocenters. The minimum Gasteiger partial charge on any atom is -0.375 e. The first-order valence-electron chi connectivity index (χ1n) is 5.66. The zero-order valence-corrected chi connectivity index (χ0v) is 12.3. The number of aryl methyl sites for hydroxylation is 2. The number of hydrogen-bond donors (Lipinski definition) is 2. The molecule has 1 heterocycles. The number of thiazole rings is 1. The summed E-state index contributed by atoms with van der Waals surface area (Å²) < 4.78 is 27.0. The molecule has 7 heteroatoms. The average molecular weight is 297 g/mol. The van der Waals surface area contributed by atoms with Crippen molar-refractivity contribution >= 4 is 26.5 Å². The fourth-order valence-electron chi connectivity index (χ4n) is 1.72. The molecule has 0 fully saturated rings. The summed E-state index contributed by atoms with van der Waals surface area (Å²) in [5.41, 5.74) is 7.96. The van der Waals surface area contributed by atoms with Gasteiger partial charge < -0.3 is 5.73 Å². The van der Waals surface area contributed by atoms with E-state index in [-0.39, 0.29) is 15.9 Å². The van der Waals surface area contributed by atoms with E-state index in [2.05, 4.69) is 9.71 Å². The van der Waals surface area contributed by atoms with Crippen molar-refractivity contribution in [3.8, 4) is 0 Å². The Bertz CT molecular complexity index is 693. The summed E-state index contributed by atoms with van der Waals surface area (Å²) in [6.45, 7) is 3.85. The Labute approximate surface area is 116 Å². The minimum absolute atomic E-state index is 0.178. The van der Waals surface area contributed by atoms with Gasteiger partial charge in [-0.05, 0) is 19.4 Å². The van der Waals surface area contributed by atoms with E-state index in [1.807, 2.05) is 31.2 Å². The van der Waals surface area contributed by atoms with E-state index >= 15 is 0 Å². The van der Waals surface area contributed by atoms with E-state index in [0.717, 1.165) is 22.5 Å². The number of sulfonamides is 1. The van der Waals surface area contributed by atoms with Crippen molar-refractivity contribution in [1.82, 2.24) is 9.71 Å². The Balaban J connectivity index is 2.16. The molecule has 0 aliphatic heterocycles. The van der Waals surface area contributed by atoms with E-state index in [4.69, 9.17) is 5.73 Å². The molecule has 0 radical (unpaired) electrons. The molecule has 3 N–H and O–H groups in total. The highest BCUT2D eigenvalue weighted by molar-refractivity contribution is 7.91. The van der Waals surface area contributed by atoms with Gasteiger partial charge in [0.05, 0.1) is 5.69 Å². The quantitative estimate of drug-likeness (QED) is 0.901. The summed E-state index contributed by atoms with van der Waals surface area (Å²) in [7, 11) is -3.56. The molecule has 2 aromatic rings. The Morgan fingerprint density at radius 3 is 2.68 bits per heavy atom. The van der Waals surface area contributed by atoms with Crippen LogP contribution in [0.3, 0.4) is 0 Å².